The number of nitrogens with zero attached hydrogens (tertiary/aromatic N) is 3. The van der Waals surface area contributed by atoms with Crippen LogP contribution in [0.4, 0.5) is 11.4 Å². The highest BCUT2D eigenvalue weighted by molar-refractivity contribution is 5.81. The molecule has 1 fully saturated rings. The van der Waals surface area contributed by atoms with Gasteiger partial charge in [0.05, 0.1) is 17.8 Å². The Kier molecular flexibility index (Phi) is 5.20. The van der Waals surface area contributed by atoms with Crippen molar-refractivity contribution in [2.24, 2.45) is 0 Å². The van der Waals surface area contributed by atoms with Crippen LogP contribution in [0.2, 0.25) is 0 Å². The summed E-state index contributed by atoms with van der Waals surface area (Å²) >= 11 is 0. The van der Waals surface area contributed by atoms with Crippen molar-refractivity contribution in [2.45, 2.75) is 6.92 Å². The molecular weight excluding hydrogens is 312 g/mol. The quantitative estimate of drug-likeness (QED) is 0.934. The van der Waals surface area contributed by atoms with Crippen LogP contribution in [0.1, 0.15) is 11.1 Å². The minimum Gasteiger partial charge on any atom is -0.375 e. The summed E-state index contributed by atoms with van der Waals surface area (Å²) in [5.74, 6) is 0.0663. The molecule has 5 heteroatoms. The summed E-state index contributed by atoms with van der Waals surface area (Å²) in [6.45, 7) is 5.41. The van der Waals surface area contributed by atoms with Gasteiger partial charge in [-0.1, -0.05) is 24.3 Å². The highest BCUT2D eigenvalue weighted by Gasteiger charge is 2.21. The number of amides is 1. The van der Waals surface area contributed by atoms with E-state index in [0.717, 1.165) is 13.1 Å². The fourth-order valence-electron chi connectivity index (χ4n) is 3.06. The maximum Gasteiger partial charge on any atom is 0.241 e. The fourth-order valence-corrected chi connectivity index (χ4v) is 3.06. The van der Waals surface area contributed by atoms with Gasteiger partial charge in [-0.25, -0.2) is 0 Å². The fraction of sp³-hybridized carbons (Fsp3) is 0.300. The Hall–Kier alpha value is -3.00. The number of nitrogens with one attached hydrogen (secondary N) is 1. The zero-order valence-electron chi connectivity index (χ0n) is 14.4. The smallest absolute Gasteiger partial charge is 0.241 e. The lowest BCUT2D eigenvalue weighted by Crippen LogP contribution is -2.50. The molecule has 128 valence electrons. The third-order valence-corrected chi connectivity index (χ3v) is 4.48. The maximum absolute atomic E-state index is 12.4. The number of piperazine rings is 1. The number of para-hydroxylation sites is 1. The highest BCUT2D eigenvalue weighted by atomic mass is 16.2. The van der Waals surface area contributed by atoms with Gasteiger partial charge in [0.1, 0.15) is 6.07 Å². The number of hydrogen-bond acceptors (Lipinski definition) is 4. The van der Waals surface area contributed by atoms with E-state index in [9.17, 15) is 4.79 Å². The van der Waals surface area contributed by atoms with Crippen molar-refractivity contribution in [3.8, 4) is 6.07 Å². The minimum absolute atomic E-state index is 0.0663. The second kappa shape index (κ2) is 7.71. The number of carbonyl (C=O) groups excluding carboxylic acids is 1. The van der Waals surface area contributed by atoms with Crippen LogP contribution < -0.4 is 10.2 Å². The highest BCUT2D eigenvalue weighted by Crippen LogP contribution is 2.18. The number of hydrogen-bond donors (Lipinski definition) is 1. The van der Waals surface area contributed by atoms with Crippen molar-refractivity contribution < 1.29 is 4.79 Å². The summed E-state index contributed by atoms with van der Waals surface area (Å²) in [4.78, 5) is 16.6. The van der Waals surface area contributed by atoms with Gasteiger partial charge >= 0.3 is 0 Å². The predicted molar refractivity (Wildman–Crippen MR) is 99.6 cm³/mol. The number of nitriles is 1. The van der Waals surface area contributed by atoms with Crippen LogP contribution in [0.25, 0.3) is 0 Å². The molecule has 0 aliphatic carbocycles. The predicted octanol–water partition coefficient (Wildman–Crippen LogP) is 2.63. The van der Waals surface area contributed by atoms with Crippen LogP contribution in [0.15, 0.2) is 48.5 Å². The molecule has 1 aliphatic rings. The number of rotatable bonds is 4. The van der Waals surface area contributed by atoms with Crippen LogP contribution in [-0.4, -0.2) is 43.5 Å². The van der Waals surface area contributed by atoms with E-state index in [0.29, 0.717) is 24.3 Å². The Morgan fingerprint density at radius 1 is 1.12 bits per heavy atom. The Morgan fingerprint density at radius 3 is 2.60 bits per heavy atom. The summed E-state index contributed by atoms with van der Waals surface area (Å²) in [6, 6.07) is 17.8. The Morgan fingerprint density at radius 2 is 1.88 bits per heavy atom. The van der Waals surface area contributed by atoms with Gasteiger partial charge in [-0.2, -0.15) is 5.26 Å². The van der Waals surface area contributed by atoms with E-state index >= 15 is 0 Å². The molecule has 2 aromatic rings. The van der Waals surface area contributed by atoms with Gasteiger partial charge in [0.25, 0.3) is 0 Å². The molecule has 25 heavy (non-hydrogen) atoms. The van der Waals surface area contributed by atoms with E-state index in [1.165, 1.54) is 11.3 Å². The molecular formula is C20H22N4O. The maximum atomic E-state index is 12.4. The topological polar surface area (TPSA) is 59.4 Å². The Labute approximate surface area is 148 Å². The first-order valence-corrected chi connectivity index (χ1v) is 8.50. The van der Waals surface area contributed by atoms with Gasteiger partial charge in [0.15, 0.2) is 0 Å². The van der Waals surface area contributed by atoms with Crippen molar-refractivity contribution in [1.29, 1.82) is 5.26 Å². The van der Waals surface area contributed by atoms with E-state index in [4.69, 9.17) is 5.26 Å². The van der Waals surface area contributed by atoms with Gasteiger partial charge in [-0.15, -0.1) is 0 Å². The van der Waals surface area contributed by atoms with Crippen molar-refractivity contribution >= 4 is 17.3 Å². The van der Waals surface area contributed by atoms with Crippen LogP contribution in [-0.2, 0) is 4.79 Å². The lowest BCUT2D eigenvalue weighted by molar-refractivity contribution is -0.129. The molecule has 0 atom stereocenters. The van der Waals surface area contributed by atoms with E-state index in [1.54, 1.807) is 6.07 Å². The average Bonchev–Trinajstić information content (AvgIpc) is 2.66. The summed E-state index contributed by atoms with van der Waals surface area (Å²) in [7, 11) is 0. The molecule has 1 heterocycles. The lowest BCUT2D eigenvalue weighted by Gasteiger charge is -2.36. The van der Waals surface area contributed by atoms with Crippen LogP contribution in [0.3, 0.4) is 0 Å². The van der Waals surface area contributed by atoms with Gasteiger partial charge in [-0.3, -0.25) is 4.79 Å². The first-order valence-electron chi connectivity index (χ1n) is 8.50. The lowest BCUT2D eigenvalue weighted by atomic mass is 10.2. The first-order chi connectivity index (χ1) is 12.2. The third kappa shape index (κ3) is 4.10. The number of carbonyl (C=O) groups is 1. The van der Waals surface area contributed by atoms with Crippen LogP contribution in [0, 0.1) is 18.3 Å². The Balaban J connectivity index is 1.52. The molecule has 1 N–H and O–H groups in total. The molecule has 0 spiro atoms. The third-order valence-electron chi connectivity index (χ3n) is 4.48. The summed E-state index contributed by atoms with van der Waals surface area (Å²) in [5, 5.41) is 12.2. The second-order valence-corrected chi connectivity index (χ2v) is 6.22. The second-order valence-electron chi connectivity index (χ2n) is 6.22. The van der Waals surface area contributed by atoms with Crippen molar-refractivity contribution in [3.05, 3.63) is 59.7 Å². The number of anilines is 2. The summed E-state index contributed by atoms with van der Waals surface area (Å²) < 4.78 is 0. The molecule has 0 bridgehead atoms. The van der Waals surface area contributed by atoms with E-state index in [2.05, 4.69) is 47.5 Å². The molecule has 0 saturated carbocycles. The standard InChI is InChI=1S/C20H22N4O/c1-16-5-4-7-18(13-16)23-9-11-24(12-10-23)20(25)15-22-19-8-3-2-6-17(19)14-21/h2-8,13,22H,9-12,15H2,1H3. The molecule has 1 amide bonds. The number of benzene rings is 2. The molecule has 0 unspecified atom stereocenters. The van der Waals surface area contributed by atoms with Crippen molar-refractivity contribution in [1.82, 2.24) is 4.90 Å². The zero-order chi connectivity index (χ0) is 17.6. The SMILES string of the molecule is Cc1cccc(N2CCN(C(=O)CNc3ccccc3C#N)CC2)c1. The summed E-state index contributed by atoms with van der Waals surface area (Å²) in [5.41, 5.74) is 3.72. The minimum atomic E-state index is 0.0663. The molecule has 0 radical (unpaired) electrons. The molecule has 0 aromatic heterocycles. The normalized spacial score (nSPS) is 14.1. The van der Waals surface area contributed by atoms with Crippen LogP contribution >= 0.6 is 0 Å². The Bertz CT molecular complexity index is 788. The van der Waals surface area contributed by atoms with Gasteiger partial charge in [0, 0.05) is 31.9 Å². The zero-order valence-corrected chi connectivity index (χ0v) is 14.4. The van der Waals surface area contributed by atoms with Crippen molar-refractivity contribution in [2.75, 3.05) is 42.9 Å². The van der Waals surface area contributed by atoms with Gasteiger partial charge < -0.3 is 15.1 Å². The molecule has 3 rings (SSSR count). The molecule has 5 nitrogen and oxygen atoms in total. The van der Waals surface area contributed by atoms with Crippen LogP contribution in [0.5, 0.6) is 0 Å². The molecule has 1 saturated heterocycles. The number of aryl methyl sites for hydroxylation is 1. The largest absolute Gasteiger partial charge is 0.375 e. The van der Waals surface area contributed by atoms with E-state index in [1.807, 2.05) is 23.1 Å². The molecule has 1 aliphatic heterocycles. The van der Waals surface area contributed by atoms with Crippen molar-refractivity contribution in [3.63, 3.8) is 0 Å². The first kappa shape index (κ1) is 16.8. The monoisotopic (exact) mass is 334 g/mol. The van der Waals surface area contributed by atoms with E-state index < -0.39 is 0 Å². The van der Waals surface area contributed by atoms with Gasteiger partial charge in [-0.05, 0) is 36.8 Å². The average molecular weight is 334 g/mol. The van der Waals surface area contributed by atoms with Gasteiger partial charge in [0.2, 0.25) is 5.91 Å². The summed E-state index contributed by atoms with van der Waals surface area (Å²) in [6.07, 6.45) is 0. The van der Waals surface area contributed by atoms with E-state index in [-0.39, 0.29) is 12.5 Å². The molecule has 2 aromatic carbocycles.